The lowest BCUT2D eigenvalue weighted by Crippen LogP contribution is -2.07. The van der Waals surface area contributed by atoms with Gasteiger partial charge in [0.1, 0.15) is 18.0 Å². The predicted molar refractivity (Wildman–Crippen MR) is 162 cm³/mol. The number of aromatic nitrogens is 1. The molecule has 8 heteroatoms. The van der Waals surface area contributed by atoms with Crippen LogP contribution in [0.5, 0.6) is 11.5 Å². The number of carboxylic acids is 2. The lowest BCUT2D eigenvalue weighted by molar-refractivity contribution is -0.138. The number of rotatable bonds is 16. The summed E-state index contributed by atoms with van der Waals surface area (Å²) in [5.74, 6) is -0.553. The summed E-state index contributed by atoms with van der Waals surface area (Å²) < 4.78 is 13.3. The van der Waals surface area contributed by atoms with Crippen LogP contribution in [0.3, 0.4) is 0 Å². The van der Waals surface area contributed by atoms with Gasteiger partial charge < -0.3 is 24.3 Å². The van der Waals surface area contributed by atoms with Gasteiger partial charge in [-0.2, -0.15) is 0 Å². The Kier molecular flexibility index (Phi) is 10.5. The molecule has 0 saturated heterocycles. The van der Waals surface area contributed by atoms with E-state index in [1.54, 1.807) is 22.9 Å². The van der Waals surface area contributed by atoms with Gasteiger partial charge in [0.15, 0.2) is 5.78 Å². The van der Waals surface area contributed by atoms with Crippen molar-refractivity contribution in [3.05, 3.63) is 95.2 Å². The maximum Gasteiger partial charge on any atom is 0.323 e. The number of hydrogen-bond acceptors (Lipinski definition) is 5. The minimum Gasteiger partial charge on any atom is -0.494 e. The Morgan fingerprint density at radius 2 is 1.60 bits per heavy atom. The maximum atomic E-state index is 12.4. The van der Waals surface area contributed by atoms with Gasteiger partial charge in [-0.3, -0.25) is 14.4 Å². The van der Waals surface area contributed by atoms with Gasteiger partial charge in [-0.05, 0) is 73.6 Å². The van der Waals surface area contributed by atoms with Crippen LogP contribution < -0.4 is 9.47 Å². The monoisotopic (exact) mass is 569 g/mol. The van der Waals surface area contributed by atoms with Crippen LogP contribution in [0.2, 0.25) is 0 Å². The quantitative estimate of drug-likeness (QED) is 0.0872. The molecule has 0 spiro atoms. The van der Waals surface area contributed by atoms with Crippen LogP contribution in [0.1, 0.15) is 59.7 Å². The zero-order valence-corrected chi connectivity index (χ0v) is 23.6. The van der Waals surface area contributed by atoms with Crippen molar-refractivity contribution < 1.29 is 34.1 Å². The molecule has 8 nitrogen and oxygen atoms in total. The number of benzene rings is 3. The minimum atomic E-state index is -0.965. The third kappa shape index (κ3) is 8.33. The minimum absolute atomic E-state index is 0.0477. The van der Waals surface area contributed by atoms with Gasteiger partial charge in [0.2, 0.25) is 0 Å². The summed E-state index contributed by atoms with van der Waals surface area (Å²) in [5.41, 5.74) is 3.80. The average molecular weight is 570 g/mol. The summed E-state index contributed by atoms with van der Waals surface area (Å²) in [4.78, 5) is 35.0. The number of Topliss-reactive ketones (excluding diaryl/α,β-unsaturated/α-hetero) is 1. The van der Waals surface area contributed by atoms with Crippen LogP contribution in [0.15, 0.2) is 72.9 Å². The van der Waals surface area contributed by atoms with Crippen LogP contribution in [-0.4, -0.2) is 45.7 Å². The lowest BCUT2D eigenvalue weighted by atomic mass is 10.0. The number of fused-ring (bicyclic) bond motifs is 1. The predicted octanol–water partition coefficient (Wildman–Crippen LogP) is 6.74. The molecule has 4 rings (SSSR count). The van der Waals surface area contributed by atoms with Gasteiger partial charge in [0, 0.05) is 18.0 Å². The molecular weight excluding hydrogens is 534 g/mol. The fourth-order valence-electron chi connectivity index (χ4n) is 4.83. The summed E-state index contributed by atoms with van der Waals surface area (Å²) in [6.45, 7) is 2.35. The van der Waals surface area contributed by atoms with E-state index in [4.69, 9.17) is 14.6 Å². The second-order valence-electron chi connectivity index (χ2n) is 10.0. The number of nitrogens with zero attached hydrogens (tertiary/aromatic N) is 1. The highest BCUT2D eigenvalue weighted by Gasteiger charge is 2.14. The van der Waals surface area contributed by atoms with Crippen LogP contribution in [-0.2, 0) is 22.6 Å². The Morgan fingerprint density at radius 1 is 0.833 bits per heavy atom. The zero-order valence-electron chi connectivity index (χ0n) is 23.6. The van der Waals surface area contributed by atoms with E-state index in [0.29, 0.717) is 37.4 Å². The maximum absolute atomic E-state index is 12.4. The van der Waals surface area contributed by atoms with Crippen molar-refractivity contribution in [3.63, 3.8) is 0 Å². The molecule has 218 valence electrons. The fourth-order valence-corrected chi connectivity index (χ4v) is 4.83. The second kappa shape index (κ2) is 14.7. The Morgan fingerprint density at radius 3 is 2.31 bits per heavy atom. The van der Waals surface area contributed by atoms with E-state index in [1.807, 2.05) is 66.7 Å². The number of carboxylic acid groups (broad SMARTS) is 2. The van der Waals surface area contributed by atoms with Gasteiger partial charge in [0.05, 0.1) is 24.3 Å². The van der Waals surface area contributed by atoms with E-state index in [2.05, 4.69) is 0 Å². The molecule has 0 atom stereocenters. The third-order valence-corrected chi connectivity index (χ3v) is 6.80. The van der Waals surface area contributed by atoms with Gasteiger partial charge in [-0.1, -0.05) is 54.6 Å². The number of carbonyl (C=O) groups excluding carboxylic acids is 1. The first-order chi connectivity index (χ1) is 20.3. The van der Waals surface area contributed by atoms with Crippen molar-refractivity contribution in [2.45, 2.75) is 45.6 Å². The first-order valence-corrected chi connectivity index (χ1v) is 14.0. The fraction of sp³-hybridized carbons (Fsp3) is 0.265. The molecule has 0 aliphatic rings. The second-order valence-corrected chi connectivity index (χ2v) is 10.0. The number of para-hydroxylation sites is 2. The summed E-state index contributed by atoms with van der Waals surface area (Å²) in [6.07, 6.45) is 8.23. The van der Waals surface area contributed by atoms with E-state index in [9.17, 15) is 19.5 Å². The van der Waals surface area contributed by atoms with Gasteiger partial charge in [-0.15, -0.1) is 0 Å². The molecule has 0 aliphatic carbocycles. The molecule has 3 aromatic carbocycles. The van der Waals surface area contributed by atoms with E-state index in [1.165, 1.54) is 6.92 Å². The molecule has 0 saturated carbocycles. The number of ketones is 1. The number of unbranched alkanes of at least 4 members (excludes halogenated alkanes) is 1. The molecule has 0 amide bonds. The first kappa shape index (κ1) is 30.1. The van der Waals surface area contributed by atoms with Crippen molar-refractivity contribution in [2.24, 2.45) is 0 Å². The number of ether oxygens (including phenoxy) is 2. The standard InChI is InChI=1S/C34H35NO7/c1-24(36)30-21-25(16-18-31(30)42-20-6-5-19-41-28-11-3-2-4-12-28)15-17-26-9-7-13-29-27(10-8-14-32(37)38)22-35(34(26)29)23-33(39)40/h2-4,7,9,11-13,15-18,21-22H,5-6,8,10,14,19-20,23H2,1H3,(H,37,38)(H,39,40)/b17-15+. The lowest BCUT2D eigenvalue weighted by Gasteiger charge is -2.11. The van der Waals surface area contributed by atoms with Crippen molar-refractivity contribution in [1.82, 2.24) is 4.57 Å². The van der Waals surface area contributed by atoms with E-state index in [-0.39, 0.29) is 18.7 Å². The molecule has 0 aliphatic heterocycles. The van der Waals surface area contributed by atoms with E-state index >= 15 is 0 Å². The molecule has 0 bridgehead atoms. The molecule has 0 radical (unpaired) electrons. The topological polar surface area (TPSA) is 115 Å². The van der Waals surface area contributed by atoms with Crippen molar-refractivity contribution >= 4 is 40.8 Å². The van der Waals surface area contributed by atoms with E-state index in [0.717, 1.165) is 46.2 Å². The van der Waals surface area contributed by atoms with Crippen LogP contribution >= 0.6 is 0 Å². The molecule has 0 unspecified atom stereocenters. The van der Waals surface area contributed by atoms with Gasteiger partial charge in [-0.25, -0.2) is 0 Å². The highest BCUT2D eigenvalue weighted by atomic mass is 16.5. The molecule has 42 heavy (non-hydrogen) atoms. The normalized spacial score (nSPS) is 11.2. The molecule has 2 N–H and O–H groups in total. The Bertz CT molecular complexity index is 1570. The summed E-state index contributed by atoms with van der Waals surface area (Å²) in [5, 5.41) is 19.4. The largest absolute Gasteiger partial charge is 0.494 e. The number of aryl methyl sites for hydroxylation is 1. The number of carbonyl (C=O) groups is 3. The van der Waals surface area contributed by atoms with Crippen LogP contribution in [0.4, 0.5) is 0 Å². The van der Waals surface area contributed by atoms with Gasteiger partial charge >= 0.3 is 11.9 Å². The Hall–Kier alpha value is -4.85. The smallest absolute Gasteiger partial charge is 0.323 e. The first-order valence-electron chi connectivity index (χ1n) is 14.0. The number of aliphatic carboxylic acids is 2. The van der Waals surface area contributed by atoms with Crippen molar-refractivity contribution in [1.29, 1.82) is 0 Å². The van der Waals surface area contributed by atoms with Crippen LogP contribution in [0, 0.1) is 0 Å². The molecule has 1 heterocycles. The summed E-state index contributed by atoms with van der Waals surface area (Å²) in [6, 6.07) is 20.8. The van der Waals surface area contributed by atoms with Crippen LogP contribution in [0.25, 0.3) is 23.1 Å². The van der Waals surface area contributed by atoms with Crippen molar-refractivity contribution in [3.8, 4) is 11.5 Å². The Labute approximate surface area is 244 Å². The highest BCUT2D eigenvalue weighted by Crippen LogP contribution is 2.29. The zero-order chi connectivity index (χ0) is 29.9. The molecular formula is C34H35NO7. The molecule has 1 aromatic heterocycles. The molecule has 0 fully saturated rings. The highest BCUT2D eigenvalue weighted by molar-refractivity contribution is 5.98. The van der Waals surface area contributed by atoms with Crippen molar-refractivity contribution in [2.75, 3.05) is 13.2 Å². The SMILES string of the molecule is CC(=O)c1cc(/C=C/c2cccc3c(CCCC(=O)O)cn(CC(=O)O)c23)ccc1OCCCCOc1ccccc1. The average Bonchev–Trinajstić information content (AvgIpc) is 3.31. The summed E-state index contributed by atoms with van der Waals surface area (Å²) >= 11 is 0. The molecule has 4 aromatic rings. The number of hydrogen-bond donors (Lipinski definition) is 2. The van der Waals surface area contributed by atoms with Gasteiger partial charge in [0.25, 0.3) is 0 Å². The summed E-state index contributed by atoms with van der Waals surface area (Å²) in [7, 11) is 0. The Balaban J connectivity index is 1.46. The third-order valence-electron chi connectivity index (χ3n) is 6.80. The van der Waals surface area contributed by atoms with E-state index < -0.39 is 11.9 Å².